The minimum absolute atomic E-state index is 0.216. The van der Waals surface area contributed by atoms with E-state index in [4.69, 9.17) is 0 Å². The third-order valence-corrected chi connectivity index (χ3v) is 3.30. The van der Waals surface area contributed by atoms with Gasteiger partial charge >= 0.3 is 0 Å². The quantitative estimate of drug-likeness (QED) is 0.705. The number of amidine groups is 1. The van der Waals surface area contributed by atoms with Crippen molar-refractivity contribution >= 4 is 11.7 Å². The number of rotatable bonds is 1. The summed E-state index contributed by atoms with van der Waals surface area (Å²) in [6.45, 7) is 0.673. The lowest BCUT2D eigenvalue weighted by Gasteiger charge is -2.27. The highest BCUT2D eigenvalue weighted by Crippen LogP contribution is 2.35. The fraction of sp³-hybridized carbons (Fsp3) is 0.385. The van der Waals surface area contributed by atoms with Crippen molar-refractivity contribution in [3.63, 3.8) is 0 Å². The minimum atomic E-state index is 0.216. The van der Waals surface area contributed by atoms with Gasteiger partial charge in [-0.05, 0) is 12.0 Å². The zero-order valence-electron chi connectivity index (χ0n) is 9.10. The van der Waals surface area contributed by atoms with E-state index >= 15 is 0 Å². The fourth-order valence-electron chi connectivity index (χ4n) is 2.56. The maximum absolute atomic E-state index is 11.9. The molecule has 1 unspecified atom stereocenters. The van der Waals surface area contributed by atoms with E-state index in [0.717, 1.165) is 18.7 Å². The van der Waals surface area contributed by atoms with Crippen molar-refractivity contribution in [3.05, 3.63) is 35.9 Å². The van der Waals surface area contributed by atoms with Crippen molar-refractivity contribution in [1.82, 2.24) is 4.90 Å². The van der Waals surface area contributed by atoms with Gasteiger partial charge in [0.05, 0.1) is 6.04 Å². The SMILES string of the molecule is O=C1CCN=C2CCC(c3ccccc3)N12. The third-order valence-electron chi connectivity index (χ3n) is 3.30. The first-order valence-corrected chi connectivity index (χ1v) is 5.76. The Hall–Kier alpha value is -1.64. The van der Waals surface area contributed by atoms with Gasteiger partial charge < -0.3 is 0 Å². The summed E-state index contributed by atoms with van der Waals surface area (Å²) in [4.78, 5) is 18.2. The Labute approximate surface area is 94.8 Å². The summed E-state index contributed by atoms with van der Waals surface area (Å²) < 4.78 is 0. The van der Waals surface area contributed by atoms with Crippen LogP contribution in [0.1, 0.15) is 30.9 Å². The van der Waals surface area contributed by atoms with Gasteiger partial charge in [0.1, 0.15) is 5.84 Å². The molecule has 2 aliphatic rings. The molecule has 1 aromatic carbocycles. The lowest BCUT2D eigenvalue weighted by molar-refractivity contribution is -0.128. The second-order valence-corrected chi connectivity index (χ2v) is 4.28. The van der Waals surface area contributed by atoms with E-state index in [1.165, 1.54) is 5.56 Å². The van der Waals surface area contributed by atoms with Gasteiger partial charge in [-0.2, -0.15) is 0 Å². The molecule has 0 spiro atoms. The van der Waals surface area contributed by atoms with Crippen LogP contribution in [0.3, 0.4) is 0 Å². The number of hydrogen-bond donors (Lipinski definition) is 0. The molecule has 1 amide bonds. The summed E-state index contributed by atoms with van der Waals surface area (Å²) in [5.74, 6) is 1.22. The van der Waals surface area contributed by atoms with E-state index in [2.05, 4.69) is 17.1 Å². The van der Waals surface area contributed by atoms with Crippen LogP contribution in [-0.2, 0) is 4.79 Å². The molecule has 1 saturated heterocycles. The summed E-state index contributed by atoms with van der Waals surface area (Å²) in [6.07, 6.45) is 2.51. The highest BCUT2D eigenvalue weighted by Gasteiger charge is 2.36. The Morgan fingerprint density at radius 3 is 2.81 bits per heavy atom. The average Bonchev–Trinajstić information content (AvgIpc) is 2.75. The van der Waals surface area contributed by atoms with E-state index < -0.39 is 0 Å². The largest absolute Gasteiger partial charge is 0.293 e. The number of carbonyl (C=O) groups excluding carboxylic acids is 1. The van der Waals surface area contributed by atoms with Crippen LogP contribution in [0.5, 0.6) is 0 Å². The van der Waals surface area contributed by atoms with Gasteiger partial charge in [-0.1, -0.05) is 30.3 Å². The molecule has 1 fully saturated rings. The van der Waals surface area contributed by atoms with E-state index in [-0.39, 0.29) is 11.9 Å². The summed E-state index contributed by atoms with van der Waals surface area (Å²) in [6, 6.07) is 10.5. The first-order valence-electron chi connectivity index (χ1n) is 5.76. The van der Waals surface area contributed by atoms with Crippen molar-refractivity contribution in [1.29, 1.82) is 0 Å². The second kappa shape index (κ2) is 3.74. The highest BCUT2D eigenvalue weighted by molar-refractivity contribution is 6.01. The molecule has 0 radical (unpaired) electrons. The maximum atomic E-state index is 11.9. The molecule has 3 nitrogen and oxygen atoms in total. The standard InChI is InChI=1S/C13H14N2O/c16-13-8-9-14-12-7-6-11(15(12)13)10-4-2-1-3-5-10/h1-5,11H,6-9H2. The first kappa shape index (κ1) is 9.58. The van der Waals surface area contributed by atoms with Gasteiger partial charge in [0.25, 0.3) is 0 Å². The number of hydrogen-bond acceptors (Lipinski definition) is 2. The van der Waals surface area contributed by atoms with Gasteiger partial charge in [-0.15, -0.1) is 0 Å². The molecule has 3 heteroatoms. The van der Waals surface area contributed by atoms with Gasteiger partial charge in [0.2, 0.25) is 5.91 Å². The highest BCUT2D eigenvalue weighted by atomic mass is 16.2. The first-order chi connectivity index (χ1) is 7.86. The molecule has 0 saturated carbocycles. The van der Waals surface area contributed by atoms with Crippen LogP contribution < -0.4 is 0 Å². The predicted octanol–water partition coefficient (Wildman–Crippen LogP) is 2.15. The number of nitrogens with zero attached hydrogens (tertiary/aromatic N) is 2. The molecule has 0 aliphatic carbocycles. The lowest BCUT2D eigenvalue weighted by Crippen LogP contribution is -2.37. The van der Waals surface area contributed by atoms with Crippen molar-refractivity contribution in [3.8, 4) is 0 Å². The summed E-state index contributed by atoms with van der Waals surface area (Å²) in [5, 5.41) is 0. The number of aliphatic imine (C=N–C) groups is 1. The predicted molar refractivity (Wildman–Crippen MR) is 62.2 cm³/mol. The van der Waals surface area contributed by atoms with E-state index in [1.54, 1.807) is 0 Å². The van der Waals surface area contributed by atoms with Crippen LogP contribution in [0.25, 0.3) is 0 Å². The number of benzene rings is 1. The van der Waals surface area contributed by atoms with Crippen molar-refractivity contribution < 1.29 is 4.79 Å². The fourth-order valence-corrected chi connectivity index (χ4v) is 2.56. The average molecular weight is 214 g/mol. The summed E-state index contributed by atoms with van der Waals surface area (Å²) in [5.41, 5.74) is 1.22. The van der Waals surface area contributed by atoms with Crippen molar-refractivity contribution in [2.75, 3.05) is 6.54 Å². The van der Waals surface area contributed by atoms with Gasteiger partial charge in [-0.3, -0.25) is 14.7 Å². The van der Waals surface area contributed by atoms with Gasteiger partial charge in [0.15, 0.2) is 0 Å². The zero-order valence-corrected chi connectivity index (χ0v) is 9.10. The molecule has 2 heterocycles. The molecular weight excluding hydrogens is 200 g/mol. The molecule has 3 rings (SSSR count). The van der Waals surface area contributed by atoms with Crippen molar-refractivity contribution in [2.45, 2.75) is 25.3 Å². The Morgan fingerprint density at radius 2 is 2.00 bits per heavy atom. The molecule has 0 N–H and O–H groups in total. The van der Waals surface area contributed by atoms with Crippen LogP contribution in [0.15, 0.2) is 35.3 Å². The van der Waals surface area contributed by atoms with Crippen LogP contribution in [0, 0.1) is 0 Å². The molecule has 1 aromatic rings. The topological polar surface area (TPSA) is 32.7 Å². The number of fused-ring (bicyclic) bond motifs is 1. The Morgan fingerprint density at radius 1 is 1.19 bits per heavy atom. The lowest BCUT2D eigenvalue weighted by atomic mass is 10.0. The molecule has 0 bridgehead atoms. The van der Waals surface area contributed by atoms with Crippen molar-refractivity contribution in [2.24, 2.45) is 4.99 Å². The zero-order chi connectivity index (χ0) is 11.0. The minimum Gasteiger partial charge on any atom is -0.293 e. The van der Waals surface area contributed by atoms with Crippen LogP contribution >= 0.6 is 0 Å². The Kier molecular flexibility index (Phi) is 2.24. The van der Waals surface area contributed by atoms with Crippen LogP contribution in [-0.4, -0.2) is 23.2 Å². The summed E-state index contributed by atoms with van der Waals surface area (Å²) in [7, 11) is 0. The number of carbonyl (C=O) groups is 1. The normalized spacial score (nSPS) is 24.2. The van der Waals surface area contributed by atoms with Crippen LogP contribution in [0.4, 0.5) is 0 Å². The molecule has 1 atom stereocenters. The van der Waals surface area contributed by atoms with E-state index in [9.17, 15) is 4.79 Å². The molecular formula is C13H14N2O. The van der Waals surface area contributed by atoms with Gasteiger partial charge in [-0.25, -0.2) is 0 Å². The molecule has 16 heavy (non-hydrogen) atoms. The molecule has 2 aliphatic heterocycles. The monoisotopic (exact) mass is 214 g/mol. The third kappa shape index (κ3) is 1.43. The van der Waals surface area contributed by atoms with E-state index in [1.807, 2.05) is 23.1 Å². The Bertz CT molecular complexity index is 439. The number of amides is 1. The smallest absolute Gasteiger partial charge is 0.230 e. The Balaban J connectivity index is 1.96. The summed E-state index contributed by atoms with van der Waals surface area (Å²) >= 11 is 0. The maximum Gasteiger partial charge on any atom is 0.230 e. The molecule has 0 aromatic heterocycles. The second-order valence-electron chi connectivity index (χ2n) is 4.28. The van der Waals surface area contributed by atoms with Gasteiger partial charge in [0, 0.05) is 19.4 Å². The van der Waals surface area contributed by atoms with Crippen LogP contribution in [0.2, 0.25) is 0 Å². The van der Waals surface area contributed by atoms with E-state index in [0.29, 0.717) is 13.0 Å². The molecule has 82 valence electrons.